The summed E-state index contributed by atoms with van der Waals surface area (Å²) in [6.45, 7) is 0. The van der Waals surface area contributed by atoms with Crippen LogP contribution >= 0.6 is 11.8 Å². The molecule has 1 aromatic carbocycles. The van der Waals surface area contributed by atoms with Crippen LogP contribution in [-0.4, -0.2) is 42.4 Å². The zero-order chi connectivity index (χ0) is 16.3. The van der Waals surface area contributed by atoms with Gasteiger partial charge in [-0.05, 0) is 36.0 Å². The molecule has 2 rings (SSSR count). The van der Waals surface area contributed by atoms with Gasteiger partial charge in [0.05, 0.1) is 6.20 Å². The molecule has 0 aliphatic carbocycles. The summed E-state index contributed by atoms with van der Waals surface area (Å²) in [5.41, 5.74) is 0.422. The van der Waals surface area contributed by atoms with Crippen molar-refractivity contribution in [3.05, 3.63) is 36.7 Å². The molecule has 2 aromatic rings. The number of anilines is 1. The van der Waals surface area contributed by atoms with Crippen LogP contribution in [-0.2, 0) is 17.1 Å². The largest absolute Gasteiger partial charge is 0.339 e. The molecule has 1 amide bonds. The average molecular weight is 340 g/mol. The molecule has 0 unspecified atom stereocenters. The van der Waals surface area contributed by atoms with Crippen LogP contribution in [0.2, 0.25) is 0 Å². The first kappa shape index (κ1) is 16.4. The van der Waals surface area contributed by atoms with E-state index in [2.05, 4.69) is 9.82 Å². The maximum Gasteiger partial charge on any atom is 0.285 e. The number of aryl methyl sites for hydroxylation is 1. The third kappa shape index (κ3) is 4.01. The third-order valence-corrected chi connectivity index (χ3v) is 5.05. The Morgan fingerprint density at radius 2 is 1.91 bits per heavy atom. The molecule has 0 saturated carbocycles. The Kier molecular flexibility index (Phi) is 4.77. The summed E-state index contributed by atoms with van der Waals surface area (Å²) in [5, 5.41) is 3.75. The van der Waals surface area contributed by atoms with Gasteiger partial charge in [0.2, 0.25) is 0 Å². The predicted molar refractivity (Wildman–Crippen MR) is 85.4 cm³/mol. The summed E-state index contributed by atoms with van der Waals surface area (Å²) in [4.78, 5) is 13.9. The highest BCUT2D eigenvalue weighted by atomic mass is 32.2. The number of hydrogen-bond acceptors (Lipinski definition) is 5. The number of benzene rings is 1. The number of carbonyl (C=O) groups is 1. The molecule has 0 aliphatic rings. The van der Waals surface area contributed by atoms with Crippen LogP contribution in [0.3, 0.4) is 0 Å². The lowest BCUT2D eigenvalue weighted by Crippen LogP contribution is -2.16. The van der Waals surface area contributed by atoms with Gasteiger partial charge in [-0.25, -0.2) is 8.42 Å². The highest BCUT2D eigenvalue weighted by molar-refractivity contribution is 8.13. The second kappa shape index (κ2) is 6.41. The number of nitrogens with one attached hydrogen (secondary N) is 1. The Hall–Kier alpha value is -2.00. The fourth-order valence-electron chi connectivity index (χ4n) is 1.53. The van der Waals surface area contributed by atoms with Gasteiger partial charge in [0.1, 0.15) is 4.90 Å². The van der Waals surface area contributed by atoms with E-state index in [4.69, 9.17) is 0 Å². The smallest absolute Gasteiger partial charge is 0.285 e. The molecule has 7 nitrogen and oxygen atoms in total. The van der Waals surface area contributed by atoms with E-state index < -0.39 is 10.0 Å². The number of thioether (sulfide) groups is 1. The van der Waals surface area contributed by atoms with Crippen LogP contribution in [0.15, 0.2) is 46.5 Å². The first-order valence-electron chi connectivity index (χ1n) is 6.28. The summed E-state index contributed by atoms with van der Waals surface area (Å²) >= 11 is 1.07. The van der Waals surface area contributed by atoms with Crippen molar-refractivity contribution in [2.45, 2.75) is 9.79 Å². The highest BCUT2D eigenvalue weighted by Gasteiger charge is 2.16. The van der Waals surface area contributed by atoms with Crippen molar-refractivity contribution >= 4 is 32.7 Å². The van der Waals surface area contributed by atoms with Crippen molar-refractivity contribution in [2.24, 2.45) is 7.05 Å². The normalized spacial score (nSPS) is 11.2. The summed E-state index contributed by atoms with van der Waals surface area (Å²) < 4.78 is 28.2. The first-order valence-corrected chi connectivity index (χ1v) is 8.58. The van der Waals surface area contributed by atoms with E-state index in [-0.39, 0.29) is 10.1 Å². The predicted octanol–water partition coefficient (Wildman–Crippen LogP) is 1.99. The molecule has 1 heterocycles. The van der Waals surface area contributed by atoms with E-state index in [0.29, 0.717) is 5.69 Å². The highest BCUT2D eigenvalue weighted by Crippen LogP contribution is 2.23. The van der Waals surface area contributed by atoms with Crippen molar-refractivity contribution in [3.8, 4) is 0 Å². The van der Waals surface area contributed by atoms with Crippen LogP contribution < -0.4 is 4.72 Å². The van der Waals surface area contributed by atoms with Crippen LogP contribution in [0.25, 0.3) is 0 Å². The Bertz CT molecular complexity index is 767. The number of carbonyl (C=O) groups excluding carboxylic acids is 1. The number of aromatic nitrogens is 2. The lowest BCUT2D eigenvalue weighted by atomic mass is 10.3. The van der Waals surface area contributed by atoms with Crippen LogP contribution in [0.1, 0.15) is 0 Å². The molecule has 0 saturated heterocycles. The number of rotatable bonds is 4. The lowest BCUT2D eigenvalue weighted by Gasteiger charge is -2.10. The van der Waals surface area contributed by atoms with Gasteiger partial charge in [0.25, 0.3) is 15.3 Å². The second-order valence-electron chi connectivity index (χ2n) is 4.74. The minimum Gasteiger partial charge on any atom is -0.339 e. The minimum absolute atomic E-state index is 0.0937. The van der Waals surface area contributed by atoms with Crippen molar-refractivity contribution in [2.75, 3.05) is 18.8 Å². The van der Waals surface area contributed by atoms with Gasteiger partial charge in [-0.2, -0.15) is 5.10 Å². The summed E-state index contributed by atoms with van der Waals surface area (Å²) in [6.07, 6.45) is 2.70. The van der Waals surface area contributed by atoms with Gasteiger partial charge in [0.15, 0.2) is 0 Å². The Morgan fingerprint density at radius 1 is 1.27 bits per heavy atom. The van der Waals surface area contributed by atoms with E-state index in [1.54, 1.807) is 45.4 Å². The van der Waals surface area contributed by atoms with E-state index >= 15 is 0 Å². The molecule has 0 spiro atoms. The SMILES string of the molecule is CN(C)C(=O)Sc1ccc(NS(=O)(=O)c2cnn(C)c2)cc1. The van der Waals surface area contributed by atoms with Crippen LogP contribution in [0.5, 0.6) is 0 Å². The van der Waals surface area contributed by atoms with Crippen LogP contribution in [0.4, 0.5) is 10.5 Å². The van der Waals surface area contributed by atoms with Crippen molar-refractivity contribution in [1.82, 2.24) is 14.7 Å². The van der Waals surface area contributed by atoms with Crippen molar-refractivity contribution in [1.29, 1.82) is 0 Å². The maximum atomic E-state index is 12.1. The molecular formula is C13H16N4O3S2. The minimum atomic E-state index is -3.66. The Balaban J connectivity index is 2.10. The fourth-order valence-corrected chi connectivity index (χ4v) is 3.23. The maximum absolute atomic E-state index is 12.1. The summed E-state index contributed by atoms with van der Waals surface area (Å²) in [6, 6.07) is 6.60. The van der Waals surface area contributed by atoms with Gasteiger partial charge in [-0.1, -0.05) is 0 Å². The Morgan fingerprint density at radius 3 is 2.41 bits per heavy atom. The molecule has 0 radical (unpaired) electrons. The molecule has 22 heavy (non-hydrogen) atoms. The monoisotopic (exact) mass is 340 g/mol. The number of nitrogens with zero attached hydrogens (tertiary/aromatic N) is 3. The summed E-state index contributed by atoms with van der Waals surface area (Å²) in [7, 11) is 1.33. The molecule has 0 bridgehead atoms. The quantitative estimate of drug-likeness (QED) is 0.861. The van der Waals surface area contributed by atoms with Gasteiger partial charge in [0, 0.05) is 37.9 Å². The van der Waals surface area contributed by atoms with Gasteiger partial charge >= 0.3 is 0 Å². The van der Waals surface area contributed by atoms with E-state index in [9.17, 15) is 13.2 Å². The molecule has 9 heteroatoms. The summed E-state index contributed by atoms with van der Waals surface area (Å²) in [5.74, 6) is 0. The molecule has 0 fully saturated rings. The van der Waals surface area contributed by atoms with Crippen molar-refractivity contribution < 1.29 is 13.2 Å². The molecule has 118 valence electrons. The standard InChI is InChI=1S/C13H16N4O3S2/c1-16(2)13(18)21-11-6-4-10(5-7-11)15-22(19,20)12-8-14-17(3)9-12/h4-9,15H,1-3H3. The van der Waals surface area contributed by atoms with Crippen molar-refractivity contribution in [3.63, 3.8) is 0 Å². The molecule has 0 aliphatic heterocycles. The molecular weight excluding hydrogens is 324 g/mol. The first-order chi connectivity index (χ1) is 10.3. The zero-order valence-electron chi connectivity index (χ0n) is 12.3. The van der Waals surface area contributed by atoms with Crippen LogP contribution in [0, 0.1) is 0 Å². The number of hydrogen-bond donors (Lipinski definition) is 1. The van der Waals surface area contributed by atoms with Gasteiger partial charge < -0.3 is 4.90 Å². The molecule has 1 N–H and O–H groups in total. The number of sulfonamides is 1. The number of amides is 1. The van der Waals surface area contributed by atoms with E-state index in [1.165, 1.54) is 22.0 Å². The second-order valence-corrected chi connectivity index (χ2v) is 7.45. The molecule has 1 aromatic heterocycles. The third-order valence-electron chi connectivity index (χ3n) is 2.67. The van der Waals surface area contributed by atoms with E-state index in [0.717, 1.165) is 16.7 Å². The van der Waals surface area contributed by atoms with Gasteiger partial charge in [-0.15, -0.1) is 0 Å². The zero-order valence-corrected chi connectivity index (χ0v) is 14.0. The van der Waals surface area contributed by atoms with E-state index in [1.807, 2.05) is 0 Å². The average Bonchev–Trinajstić information content (AvgIpc) is 2.88. The lowest BCUT2D eigenvalue weighted by molar-refractivity contribution is 0.241. The topological polar surface area (TPSA) is 84.3 Å². The molecule has 0 atom stereocenters. The van der Waals surface area contributed by atoms with Gasteiger partial charge in [-0.3, -0.25) is 14.2 Å². The fraction of sp³-hybridized carbons (Fsp3) is 0.231. The Labute approximate surface area is 133 Å².